The molecule has 5 rings (SSSR count). The number of sulfonamides is 1. The molecule has 43 heavy (non-hydrogen) atoms. The van der Waals surface area contributed by atoms with Crippen LogP contribution in [0.25, 0.3) is 5.69 Å². The van der Waals surface area contributed by atoms with Crippen molar-refractivity contribution in [3.8, 4) is 11.4 Å². The fraction of sp³-hybridized carbons (Fsp3) is 0.500. The highest BCUT2D eigenvalue weighted by atomic mass is 32.2. The van der Waals surface area contributed by atoms with Crippen LogP contribution in [-0.2, 0) is 16.4 Å². The van der Waals surface area contributed by atoms with Crippen molar-refractivity contribution in [2.75, 3.05) is 63.6 Å². The van der Waals surface area contributed by atoms with E-state index in [0.717, 1.165) is 41.0 Å². The van der Waals surface area contributed by atoms with Crippen molar-refractivity contribution in [1.29, 1.82) is 0 Å². The monoisotopic (exact) mass is 608 g/mol. The number of benzene rings is 2. The molecule has 2 aromatic carbocycles. The van der Waals surface area contributed by atoms with Crippen molar-refractivity contribution in [3.05, 3.63) is 69.1 Å². The summed E-state index contributed by atoms with van der Waals surface area (Å²) in [4.78, 5) is 18.3. The van der Waals surface area contributed by atoms with Gasteiger partial charge in [0, 0.05) is 44.7 Å². The van der Waals surface area contributed by atoms with Gasteiger partial charge in [-0.1, -0.05) is 18.2 Å². The molecule has 3 aromatic rings. The largest absolute Gasteiger partial charge is 0.487 e. The van der Waals surface area contributed by atoms with Crippen molar-refractivity contribution in [3.63, 3.8) is 0 Å². The fourth-order valence-electron chi connectivity index (χ4n) is 6.14. The zero-order valence-corrected chi connectivity index (χ0v) is 27.2. The van der Waals surface area contributed by atoms with E-state index in [1.807, 2.05) is 79.0 Å². The molecule has 1 saturated heterocycles. The minimum atomic E-state index is -3.75. The van der Waals surface area contributed by atoms with Crippen molar-refractivity contribution in [1.82, 2.24) is 19.0 Å². The topological polar surface area (TPSA) is 100 Å². The van der Waals surface area contributed by atoms with Gasteiger partial charge in [-0.15, -0.1) is 0 Å². The second-order valence-electron chi connectivity index (χ2n) is 12.5. The summed E-state index contributed by atoms with van der Waals surface area (Å²) in [7, 11) is 0.299. The van der Waals surface area contributed by atoms with Gasteiger partial charge < -0.3 is 19.9 Å². The van der Waals surface area contributed by atoms with Crippen LogP contribution < -0.4 is 20.5 Å². The molecule has 3 heterocycles. The number of nitrogens with one attached hydrogen (secondary N) is 1. The molecule has 1 fully saturated rings. The van der Waals surface area contributed by atoms with Gasteiger partial charge in [0.15, 0.2) is 0 Å². The smallest absolute Gasteiger partial charge is 0.296 e. The lowest BCUT2D eigenvalue weighted by Crippen LogP contribution is -2.49. The molecule has 11 heteroatoms. The number of rotatable bonds is 9. The Bertz CT molecular complexity index is 1660. The third-order valence-corrected chi connectivity index (χ3v) is 10.7. The average Bonchev–Trinajstić information content (AvgIpc) is 3.31. The second-order valence-corrected chi connectivity index (χ2v) is 14.4. The standard InChI is InChI=1S/C32H44N6O4S/c1-22-23(2)30(24(3)26-20-32(4,5)42-29(22)26)43(40,41)37-18-16-36(17-19-37)27-21-34-38(25-12-9-8-10-13-25)31(39)28(27)33-14-11-15-35(6)7/h8-10,12-13,21,33H,11,14-20H2,1-7H3. The van der Waals surface area contributed by atoms with Gasteiger partial charge in [0.25, 0.3) is 5.56 Å². The fourth-order valence-corrected chi connectivity index (χ4v) is 8.09. The van der Waals surface area contributed by atoms with E-state index in [9.17, 15) is 13.2 Å². The zero-order valence-electron chi connectivity index (χ0n) is 26.4. The second kappa shape index (κ2) is 11.9. The lowest BCUT2D eigenvalue weighted by molar-refractivity contribution is 0.137. The van der Waals surface area contributed by atoms with Crippen LogP contribution in [0.2, 0.25) is 0 Å². The van der Waals surface area contributed by atoms with Gasteiger partial charge >= 0.3 is 0 Å². The van der Waals surface area contributed by atoms with E-state index >= 15 is 0 Å². The van der Waals surface area contributed by atoms with Crippen LogP contribution >= 0.6 is 0 Å². The number of fused-ring (bicyclic) bond motifs is 1. The molecule has 0 amide bonds. The highest BCUT2D eigenvalue weighted by molar-refractivity contribution is 7.89. The zero-order chi connectivity index (χ0) is 31.1. The van der Waals surface area contributed by atoms with E-state index in [0.29, 0.717) is 61.1 Å². The number of hydrogen-bond donors (Lipinski definition) is 1. The van der Waals surface area contributed by atoms with E-state index in [-0.39, 0.29) is 11.2 Å². The summed E-state index contributed by atoms with van der Waals surface area (Å²) < 4.78 is 37.4. The van der Waals surface area contributed by atoms with E-state index in [2.05, 4.69) is 20.2 Å². The van der Waals surface area contributed by atoms with Gasteiger partial charge in [-0.25, -0.2) is 8.42 Å². The molecule has 0 saturated carbocycles. The molecular weight excluding hydrogens is 564 g/mol. The SMILES string of the molecule is Cc1c(C)c(S(=O)(=O)N2CCN(c3cnn(-c4ccccc4)c(=O)c3NCCCN(C)C)CC2)c(C)c2c1OC(C)(C)C2. The number of nitrogens with zero attached hydrogens (tertiary/aromatic N) is 5. The lowest BCUT2D eigenvalue weighted by atomic mass is 9.94. The van der Waals surface area contributed by atoms with E-state index in [4.69, 9.17) is 4.74 Å². The van der Waals surface area contributed by atoms with Gasteiger partial charge in [0.2, 0.25) is 10.0 Å². The van der Waals surface area contributed by atoms with Crippen molar-refractivity contribution >= 4 is 21.4 Å². The molecule has 232 valence electrons. The highest BCUT2D eigenvalue weighted by Crippen LogP contribution is 2.44. The van der Waals surface area contributed by atoms with Crippen LogP contribution in [0, 0.1) is 20.8 Å². The summed E-state index contributed by atoms with van der Waals surface area (Å²) in [6, 6.07) is 9.36. The number of aromatic nitrogens is 2. The minimum Gasteiger partial charge on any atom is -0.487 e. The number of piperazine rings is 1. The molecule has 0 aliphatic carbocycles. The predicted molar refractivity (Wildman–Crippen MR) is 172 cm³/mol. The lowest BCUT2D eigenvalue weighted by Gasteiger charge is -2.36. The van der Waals surface area contributed by atoms with Gasteiger partial charge in [-0.05, 0) is 90.5 Å². The number of para-hydroxylation sites is 1. The third-order valence-electron chi connectivity index (χ3n) is 8.51. The summed E-state index contributed by atoms with van der Waals surface area (Å²) in [5.41, 5.74) is 4.68. The molecular formula is C32H44N6O4S. The van der Waals surface area contributed by atoms with E-state index in [1.165, 1.54) is 4.68 Å². The molecule has 0 spiro atoms. The number of ether oxygens (including phenoxy) is 1. The first-order chi connectivity index (χ1) is 20.3. The van der Waals surface area contributed by atoms with Gasteiger partial charge in [0.05, 0.1) is 22.5 Å². The van der Waals surface area contributed by atoms with Crippen LogP contribution in [0.3, 0.4) is 0 Å². The van der Waals surface area contributed by atoms with Crippen molar-refractivity contribution < 1.29 is 13.2 Å². The molecule has 1 aromatic heterocycles. The predicted octanol–water partition coefficient (Wildman–Crippen LogP) is 3.75. The van der Waals surface area contributed by atoms with Crippen LogP contribution in [0.1, 0.15) is 42.5 Å². The van der Waals surface area contributed by atoms with Gasteiger partial charge in [-0.3, -0.25) is 4.79 Å². The summed E-state index contributed by atoms with van der Waals surface area (Å²) in [5.74, 6) is 0.826. The molecule has 1 N–H and O–H groups in total. The van der Waals surface area contributed by atoms with Crippen molar-refractivity contribution in [2.24, 2.45) is 0 Å². The first kappa shape index (κ1) is 31.0. The third kappa shape index (κ3) is 6.03. The Labute approximate surface area is 255 Å². The van der Waals surface area contributed by atoms with Gasteiger partial charge in [0.1, 0.15) is 17.0 Å². The molecule has 0 bridgehead atoms. The maximum Gasteiger partial charge on any atom is 0.296 e. The van der Waals surface area contributed by atoms with Crippen LogP contribution in [-0.4, -0.2) is 86.4 Å². The molecule has 10 nitrogen and oxygen atoms in total. The Balaban J connectivity index is 1.41. The molecule has 0 atom stereocenters. The van der Waals surface area contributed by atoms with Crippen LogP contribution in [0.15, 0.2) is 46.2 Å². The number of hydrogen-bond acceptors (Lipinski definition) is 8. The summed E-state index contributed by atoms with van der Waals surface area (Å²) in [6.07, 6.45) is 3.26. The Kier molecular flexibility index (Phi) is 8.61. The van der Waals surface area contributed by atoms with Gasteiger partial charge in [-0.2, -0.15) is 14.1 Å². The normalized spacial score (nSPS) is 16.8. The van der Waals surface area contributed by atoms with Crippen LogP contribution in [0.5, 0.6) is 5.75 Å². The molecule has 0 unspecified atom stereocenters. The molecule has 2 aliphatic heterocycles. The Morgan fingerprint density at radius 1 is 1.00 bits per heavy atom. The average molecular weight is 609 g/mol. The Hall–Kier alpha value is -3.41. The van der Waals surface area contributed by atoms with E-state index < -0.39 is 10.0 Å². The van der Waals surface area contributed by atoms with Crippen LogP contribution in [0.4, 0.5) is 11.4 Å². The Morgan fingerprint density at radius 3 is 2.33 bits per heavy atom. The molecule has 2 aliphatic rings. The first-order valence-corrected chi connectivity index (χ1v) is 16.4. The maximum atomic E-state index is 14.1. The van der Waals surface area contributed by atoms with Crippen molar-refractivity contribution in [2.45, 2.75) is 58.0 Å². The van der Waals surface area contributed by atoms with E-state index in [1.54, 1.807) is 10.5 Å². The first-order valence-electron chi connectivity index (χ1n) is 14.9. The molecule has 0 radical (unpaired) electrons. The summed E-state index contributed by atoms with van der Waals surface area (Å²) in [6.45, 7) is 12.8. The highest BCUT2D eigenvalue weighted by Gasteiger charge is 2.39. The number of anilines is 2. The minimum absolute atomic E-state index is 0.228. The summed E-state index contributed by atoms with van der Waals surface area (Å²) >= 11 is 0. The Morgan fingerprint density at radius 2 is 1.67 bits per heavy atom. The maximum absolute atomic E-state index is 14.1. The summed E-state index contributed by atoms with van der Waals surface area (Å²) in [5, 5.41) is 7.88. The quantitative estimate of drug-likeness (QED) is 0.367.